The number of aryl methyl sites for hydroxylation is 1. The van der Waals surface area contributed by atoms with Crippen LogP contribution in [0, 0.1) is 12.7 Å². The largest absolute Gasteiger partial charge is 0.501 e. The Labute approximate surface area is 188 Å². The van der Waals surface area contributed by atoms with E-state index in [-0.39, 0.29) is 17.9 Å². The Balaban J connectivity index is 2.06. The lowest BCUT2D eigenvalue weighted by atomic mass is 10.1. The van der Waals surface area contributed by atoms with Crippen LogP contribution in [-0.2, 0) is 23.4 Å². The van der Waals surface area contributed by atoms with Crippen LogP contribution in [0.1, 0.15) is 21.6 Å². The number of hydrogen-bond donors (Lipinski definition) is 2. The fourth-order valence-electron chi connectivity index (χ4n) is 2.99. The summed E-state index contributed by atoms with van der Waals surface area (Å²) in [7, 11) is -2.66. The second-order valence-electron chi connectivity index (χ2n) is 7.18. The maximum atomic E-state index is 13.7. The van der Waals surface area contributed by atoms with Crippen molar-refractivity contribution in [2.24, 2.45) is 7.05 Å². The maximum absolute atomic E-state index is 13.7. The fraction of sp³-hybridized carbons (Fsp3) is 0.190. The molecule has 0 spiro atoms. The van der Waals surface area contributed by atoms with Crippen molar-refractivity contribution < 1.29 is 22.7 Å². The lowest BCUT2D eigenvalue weighted by Crippen LogP contribution is -2.29. The van der Waals surface area contributed by atoms with Crippen LogP contribution >= 0.6 is 11.6 Å². The summed E-state index contributed by atoms with van der Waals surface area (Å²) in [4.78, 5) is 28.8. The highest BCUT2D eigenvalue weighted by molar-refractivity contribution is 7.90. The molecule has 0 aliphatic rings. The predicted molar refractivity (Wildman–Crippen MR) is 117 cm³/mol. The number of nitrogens with zero attached hydrogens (tertiary/aromatic N) is 2. The first kappa shape index (κ1) is 23.4. The minimum atomic E-state index is -3.90. The maximum Gasteiger partial charge on any atom is 0.296 e. The molecule has 0 bridgehead atoms. The highest BCUT2D eigenvalue weighted by Gasteiger charge is 2.24. The third kappa shape index (κ3) is 4.66. The van der Waals surface area contributed by atoms with Crippen molar-refractivity contribution in [2.45, 2.75) is 18.4 Å². The summed E-state index contributed by atoms with van der Waals surface area (Å²) in [6, 6.07) is 8.13. The number of amides is 1. The number of carbonyl (C=O) groups is 1. The molecule has 1 amide bonds. The van der Waals surface area contributed by atoms with Crippen LogP contribution in [0.2, 0.25) is 5.02 Å². The first-order valence-corrected chi connectivity index (χ1v) is 11.5. The van der Waals surface area contributed by atoms with Crippen LogP contribution in [0.25, 0.3) is 11.4 Å². The lowest BCUT2D eigenvalue weighted by Gasteiger charge is -2.14. The van der Waals surface area contributed by atoms with Crippen LogP contribution in [0.4, 0.5) is 4.39 Å². The summed E-state index contributed by atoms with van der Waals surface area (Å²) in [6.45, 7) is 1.86. The van der Waals surface area contributed by atoms with E-state index in [4.69, 9.17) is 11.6 Å². The number of benzene rings is 2. The number of carbonyl (C=O) groups excluding carboxylic acids is 1. The third-order valence-corrected chi connectivity index (χ3v) is 6.30. The topological polar surface area (TPSA) is 118 Å². The van der Waals surface area contributed by atoms with E-state index in [1.54, 1.807) is 18.2 Å². The summed E-state index contributed by atoms with van der Waals surface area (Å²) in [5.74, 6) is -2.79. The first-order valence-electron chi connectivity index (χ1n) is 9.23. The molecule has 3 aromatic rings. The zero-order chi connectivity index (χ0) is 23.8. The number of rotatable bonds is 5. The number of halogens is 2. The monoisotopic (exact) mass is 479 g/mol. The van der Waals surface area contributed by atoms with E-state index in [1.165, 1.54) is 7.05 Å². The lowest BCUT2D eigenvalue weighted by molar-refractivity contribution is 0.0942. The molecule has 0 saturated heterocycles. The van der Waals surface area contributed by atoms with Gasteiger partial charge in [0.15, 0.2) is 15.5 Å². The van der Waals surface area contributed by atoms with Gasteiger partial charge in [0.05, 0.1) is 4.90 Å². The van der Waals surface area contributed by atoms with Crippen LogP contribution in [0.3, 0.4) is 0 Å². The zero-order valence-electron chi connectivity index (χ0n) is 17.3. The van der Waals surface area contributed by atoms with Crippen LogP contribution in [0.15, 0.2) is 46.1 Å². The van der Waals surface area contributed by atoms with Crippen LogP contribution < -0.4 is 10.9 Å². The van der Waals surface area contributed by atoms with E-state index in [2.05, 4.69) is 10.3 Å². The van der Waals surface area contributed by atoms with E-state index in [0.717, 1.165) is 34.6 Å². The standard InChI is InChI=1S/C21H19ClFN3O5S/c1-11-4-5-12(8-15(11)22)10-24-20(28)17-18(27)21(29)26(2)19(25-17)14-7-6-13(23)9-16(14)32(3,30)31/h4-9,27H,10H2,1-3H3,(H,24,28). The van der Waals surface area contributed by atoms with Crippen LogP contribution in [-0.4, -0.2) is 35.2 Å². The number of nitrogens with one attached hydrogen (secondary N) is 1. The normalized spacial score (nSPS) is 11.4. The minimum Gasteiger partial charge on any atom is -0.501 e. The molecule has 168 valence electrons. The van der Waals surface area contributed by atoms with Crippen molar-refractivity contribution in [1.82, 2.24) is 14.9 Å². The van der Waals surface area contributed by atoms with Gasteiger partial charge in [0.25, 0.3) is 11.5 Å². The molecule has 0 fully saturated rings. The molecule has 0 aliphatic heterocycles. The van der Waals surface area contributed by atoms with Crippen molar-refractivity contribution >= 4 is 27.3 Å². The summed E-state index contributed by atoms with van der Waals surface area (Å²) < 4.78 is 38.9. The molecule has 1 aromatic heterocycles. The van der Waals surface area contributed by atoms with Gasteiger partial charge in [-0.05, 0) is 42.3 Å². The molecule has 1 heterocycles. The van der Waals surface area contributed by atoms with Gasteiger partial charge < -0.3 is 10.4 Å². The minimum absolute atomic E-state index is 0.0373. The van der Waals surface area contributed by atoms with Gasteiger partial charge in [-0.15, -0.1) is 0 Å². The van der Waals surface area contributed by atoms with Gasteiger partial charge in [-0.1, -0.05) is 23.7 Å². The van der Waals surface area contributed by atoms with Crippen molar-refractivity contribution in [1.29, 1.82) is 0 Å². The first-order chi connectivity index (χ1) is 14.9. The van der Waals surface area contributed by atoms with Gasteiger partial charge in [-0.25, -0.2) is 17.8 Å². The second-order valence-corrected chi connectivity index (χ2v) is 9.57. The van der Waals surface area contributed by atoms with Gasteiger partial charge in [-0.2, -0.15) is 0 Å². The van der Waals surface area contributed by atoms with E-state index >= 15 is 0 Å². The fourth-order valence-corrected chi connectivity index (χ4v) is 4.08. The molecule has 2 N–H and O–H groups in total. The Kier molecular flexibility index (Phi) is 6.38. The summed E-state index contributed by atoms with van der Waals surface area (Å²) >= 11 is 6.08. The molecule has 0 aliphatic carbocycles. The molecule has 0 radical (unpaired) electrons. The van der Waals surface area contributed by atoms with Crippen LogP contribution in [0.5, 0.6) is 5.75 Å². The Morgan fingerprint density at radius 2 is 1.94 bits per heavy atom. The zero-order valence-corrected chi connectivity index (χ0v) is 18.9. The van der Waals surface area contributed by atoms with Gasteiger partial charge in [0.1, 0.15) is 11.6 Å². The van der Waals surface area contributed by atoms with Crippen molar-refractivity contribution in [3.63, 3.8) is 0 Å². The highest BCUT2D eigenvalue weighted by Crippen LogP contribution is 2.27. The summed E-state index contributed by atoms with van der Waals surface area (Å²) in [6.07, 6.45) is 0.879. The molecular weight excluding hydrogens is 461 g/mol. The molecule has 11 heteroatoms. The average Bonchev–Trinajstić information content (AvgIpc) is 2.72. The van der Waals surface area contributed by atoms with Crippen molar-refractivity contribution in [3.05, 3.63) is 74.4 Å². The molecule has 3 rings (SSSR count). The smallest absolute Gasteiger partial charge is 0.296 e. The number of aromatic hydroxyl groups is 1. The quantitative estimate of drug-likeness (QED) is 0.580. The highest BCUT2D eigenvalue weighted by atomic mass is 35.5. The van der Waals surface area contributed by atoms with Crippen molar-refractivity contribution in [2.75, 3.05) is 6.26 Å². The summed E-state index contributed by atoms with van der Waals surface area (Å²) in [5.41, 5.74) is -0.117. The molecule has 0 atom stereocenters. The number of aromatic nitrogens is 2. The molecule has 2 aromatic carbocycles. The predicted octanol–water partition coefficient (Wildman–Crippen LogP) is 2.59. The Morgan fingerprint density at radius 1 is 1.25 bits per heavy atom. The molecule has 0 saturated carbocycles. The average molecular weight is 480 g/mol. The second kappa shape index (κ2) is 8.71. The van der Waals surface area contributed by atoms with Gasteiger partial charge in [-0.3, -0.25) is 14.2 Å². The molecule has 32 heavy (non-hydrogen) atoms. The third-order valence-electron chi connectivity index (χ3n) is 4.76. The SMILES string of the molecule is Cc1ccc(CNC(=O)c2nc(-c3ccc(F)cc3S(C)(=O)=O)n(C)c(=O)c2O)cc1Cl. The molecule has 0 unspecified atom stereocenters. The van der Waals surface area contributed by atoms with Gasteiger partial charge >= 0.3 is 0 Å². The molecular formula is C21H19ClFN3O5S. The van der Waals surface area contributed by atoms with Gasteiger partial charge in [0.2, 0.25) is 5.75 Å². The Hall–Kier alpha value is -3.24. The van der Waals surface area contributed by atoms with E-state index in [0.29, 0.717) is 10.6 Å². The van der Waals surface area contributed by atoms with Gasteiger partial charge in [0, 0.05) is 30.4 Å². The summed E-state index contributed by atoms with van der Waals surface area (Å²) in [5, 5.41) is 13.3. The Bertz CT molecular complexity index is 1400. The van der Waals surface area contributed by atoms with E-state index in [1.807, 2.05) is 6.92 Å². The number of hydrogen-bond acceptors (Lipinski definition) is 6. The van der Waals surface area contributed by atoms with E-state index < -0.39 is 43.5 Å². The number of sulfone groups is 1. The van der Waals surface area contributed by atoms with Crippen molar-refractivity contribution in [3.8, 4) is 17.1 Å². The Morgan fingerprint density at radius 3 is 2.56 bits per heavy atom. The van der Waals surface area contributed by atoms with E-state index in [9.17, 15) is 27.5 Å². The molecule has 8 nitrogen and oxygen atoms in total.